The first-order valence-corrected chi connectivity index (χ1v) is 14.9. The van der Waals surface area contributed by atoms with Crippen LogP contribution < -0.4 is 16.4 Å². The summed E-state index contributed by atoms with van der Waals surface area (Å²) in [6.45, 7) is 2.39. The first-order chi connectivity index (χ1) is 20.1. The van der Waals surface area contributed by atoms with Gasteiger partial charge < -0.3 is 20.0 Å². The molecule has 0 saturated carbocycles. The van der Waals surface area contributed by atoms with Crippen LogP contribution in [-0.2, 0) is 20.9 Å². The van der Waals surface area contributed by atoms with E-state index in [9.17, 15) is 32.3 Å². The van der Waals surface area contributed by atoms with Crippen LogP contribution in [0.1, 0.15) is 30.7 Å². The number of nitrogens with zero attached hydrogens (tertiary/aromatic N) is 2. The monoisotopic (exact) mass is 606 g/mol. The summed E-state index contributed by atoms with van der Waals surface area (Å²) in [4.78, 5) is 51.6. The highest BCUT2D eigenvalue weighted by Gasteiger charge is 2.37. The Hall–Kier alpha value is -3.58. The number of benzene rings is 2. The number of oxazole rings is 1. The Morgan fingerprint density at radius 1 is 1.07 bits per heavy atom. The lowest BCUT2D eigenvalue weighted by Crippen LogP contribution is -2.49. The number of likely N-dealkylation sites (tertiary alicyclic amines) is 1. The van der Waals surface area contributed by atoms with E-state index in [4.69, 9.17) is 4.42 Å². The number of halogens is 3. The Balaban J connectivity index is 1.30. The predicted octanol–water partition coefficient (Wildman–Crippen LogP) is 3.33. The van der Waals surface area contributed by atoms with Gasteiger partial charge in [0, 0.05) is 19.6 Å². The molecule has 4 rings (SSSR count). The summed E-state index contributed by atoms with van der Waals surface area (Å²) in [6.07, 6.45) is -3.43. The number of carbonyl (C=O) groups is 3. The highest BCUT2D eigenvalue weighted by Crippen LogP contribution is 2.26. The van der Waals surface area contributed by atoms with Crippen molar-refractivity contribution < 1.29 is 32.0 Å². The van der Waals surface area contributed by atoms with Crippen LogP contribution >= 0.6 is 11.8 Å². The maximum atomic E-state index is 13.1. The summed E-state index contributed by atoms with van der Waals surface area (Å²) in [7, 11) is 0. The average molecular weight is 607 g/mol. The fourth-order valence-electron chi connectivity index (χ4n) is 4.95. The first kappa shape index (κ1) is 31.4. The zero-order chi connectivity index (χ0) is 30.1. The molecular formula is C29H33F3N4O5S. The highest BCUT2D eigenvalue weighted by molar-refractivity contribution is 7.99. The van der Waals surface area contributed by atoms with Gasteiger partial charge in [-0.05, 0) is 55.2 Å². The summed E-state index contributed by atoms with van der Waals surface area (Å²) in [5.41, 5.74) is 2.04. The summed E-state index contributed by atoms with van der Waals surface area (Å²) >= 11 is 0.822. The molecule has 226 valence electrons. The van der Waals surface area contributed by atoms with Gasteiger partial charge in [0.1, 0.15) is 12.6 Å². The fraction of sp³-hybridized carbons (Fsp3) is 0.448. The number of thioether (sulfide) groups is 1. The molecule has 2 amide bonds. The van der Waals surface area contributed by atoms with E-state index in [0.29, 0.717) is 30.1 Å². The van der Waals surface area contributed by atoms with Crippen LogP contribution in [-0.4, -0.2) is 77.0 Å². The number of carbonyl (C=O) groups excluding carboxylic acids is 3. The predicted molar refractivity (Wildman–Crippen MR) is 153 cm³/mol. The molecule has 0 radical (unpaired) electrons. The van der Waals surface area contributed by atoms with Gasteiger partial charge in [-0.3, -0.25) is 19.0 Å². The molecule has 13 heteroatoms. The molecule has 0 bridgehead atoms. The second-order valence-corrected chi connectivity index (χ2v) is 11.3. The smallest absolute Gasteiger partial charge is 0.408 e. The Morgan fingerprint density at radius 3 is 2.57 bits per heavy atom. The van der Waals surface area contributed by atoms with E-state index in [0.717, 1.165) is 35.8 Å². The molecule has 1 saturated heterocycles. The molecule has 2 heterocycles. The van der Waals surface area contributed by atoms with Crippen LogP contribution in [0.5, 0.6) is 0 Å². The van der Waals surface area contributed by atoms with E-state index >= 15 is 0 Å². The van der Waals surface area contributed by atoms with Crippen LogP contribution in [0, 0.1) is 0 Å². The van der Waals surface area contributed by atoms with Gasteiger partial charge in [0.25, 0.3) is 0 Å². The van der Waals surface area contributed by atoms with Gasteiger partial charge in [-0.25, -0.2) is 4.79 Å². The Bertz CT molecular complexity index is 1430. The molecule has 1 unspecified atom stereocenters. The van der Waals surface area contributed by atoms with Crippen molar-refractivity contribution in [1.82, 2.24) is 20.1 Å². The van der Waals surface area contributed by atoms with Gasteiger partial charge in [-0.1, -0.05) is 42.5 Å². The van der Waals surface area contributed by atoms with Crippen molar-refractivity contribution >= 4 is 40.5 Å². The largest absolute Gasteiger partial charge is 0.450 e. The number of fused-ring (bicyclic) bond motifs is 1. The van der Waals surface area contributed by atoms with Crippen molar-refractivity contribution in [3.63, 3.8) is 0 Å². The standard InChI is InChI=1S/C29H33F3N4O5S/c30-29(31,32)25(37)19-42-16-6-9-22(34-26(38)18-36-23-10-4-5-11-24(23)41-28(36)40)27(39)33-13-15-35-14-12-21(17-35)20-7-2-1-3-8-20/h1-5,7-8,10-11,21-22H,6,9,12-19H2,(H,33,39)(H,34,38)/t21?,22-/m0/s1. The van der Waals surface area contributed by atoms with E-state index in [1.807, 2.05) is 18.2 Å². The second kappa shape index (κ2) is 14.5. The molecule has 0 spiro atoms. The SMILES string of the molecule is O=C(Cn1c(=O)oc2ccccc21)N[C@@H](CCCSCC(=O)C(F)(F)F)C(=O)NCCN1CCC(c2ccccc2)C1. The molecule has 3 aromatic rings. The first-order valence-electron chi connectivity index (χ1n) is 13.7. The topological polar surface area (TPSA) is 114 Å². The third-order valence-electron chi connectivity index (χ3n) is 7.13. The molecule has 2 atom stereocenters. The van der Waals surface area contributed by atoms with Crippen molar-refractivity contribution in [1.29, 1.82) is 0 Å². The van der Waals surface area contributed by atoms with Gasteiger partial charge in [0.05, 0.1) is 11.3 Å². The number of ketones is 1. The molecule has 42 heavy (non-hydrogen) atoms. The van der Waals surface area contributed by atoms with Gasteiger partial charge >= 0.3 is 11.9 Å². The number of aromatic nitrogens is 1. The number of amides is 2. The molecule has 1 aliphatic rings. The van der Waals surface area contributed by atoms with E-state index < -0.39 is 41.3 Å². The van der Waals surface area contributed by atoms with Crippen molar-refractivity contribution in [2.75, 3.05) is 37.7 Å². The average Bonchev–Trinajstić information content (AvgIpc) is 3.56. The molecule has 2 N–H and O–H groups in total. The quantitative estimate of drug-likeness (QED) is 0.271. The minimum Gasteiger partial charge on any atom is -0.408 e. The normalized spacial score (nSPS) is 16.4. The lowest BCUT2D eigenvalue weighted by atomic mass is 9.99. The third kappa shape index (κ3) is 8.71. The van der Waals surface area contributed by atoms with Crippen molar-refractivity contribution in [2.24, 2.45) is 0 Å². The van der Waals surface area contributed by atoms with Gasteiger partial charge in [-0.2, -0.15) is 24.9 Å². The number of hydrogen-bond acceptors (Lipinski definition) is 7. The Kier molecular flexibility index (Phi) is 10.9. The molecule has 1 aromatic heterocycles. The van der Waals surface area contributed by atoms with E-state index in [2.05, 4.69) is 27.7 Å². The van der Waals surface area contributed by atoms with Crippen molar-refractivity contribution in [3.05, 3.63) is 70.7 Å². The lowest BCUT2D eigenvalue weighted by molar-refractivity contribution is -0.167. The summed E-state index contributed by atoms with van der Waals surface area (Å²) in [5.74, 6) is -3.62. The lowest BCUT2D eigenvalue weighted by Gasteiger charge is -2.20. The Morgan fingerprint density at radius 2 is 1.81 bits per heavy atom. The van der Waals surface area contributed by atoms with Crippen LogP contribution in [0.2, 0.25) is 0 Å². The van der Waals surface area contributed by atoms with Crippen LogP contribution in [0.15, 0.2) is 63.8 Å². The number of rotatable bonds is 14. The van der Waals surface area contributed by atoms with Gasteiger partial charge in [0.15, 0.2) is 5.58 Å². The molecule has 1 aliphatic heterocycles. The van der Waals surface area contributed by atoms with Crippen molar-refractivity contribution in [2.45, 2.75) is 43.9 Å². The van der Waals surface area contributed by atoms with Crippen molar-refractivity contribution in [3.8, 4) is 0 Å². The zero-order valence-electron chi connectivity index (χ0n) is 22.9. The van der Waals surface area contributed by atoms with E-state index in [1.165, 1.54) is 5.56 Å². The number of alkyl halides is 3. The number of nitrogens with one attached hydrogen (secondary N) is 2. The van der Waals surface area contributed by atoms with Crippen LogP contribution in [0.25, 0.3) is 11.1 Å². The number of hydrogen-bond donors (Lipinski definition) is 2. The minimum atomic E-state index is -4.88. The molecular weight excluding hydrogens is 573 g/mol. The minimum absolute atomic E-state index is 0.144. The third-order valence-corrected chi connectivity index (χ3v) is 8.17. The number of Topliss-reactive ketones (excluding diaryl/α,β-unsaturated/α-hetero) is 1. The molecule has 2 aromatic carbocycles. The maximum Gasteiger partial charge on any atom is 0.450 e. The van der Waals surface area contributed by atoms with E-state index in [-0.39, 0.29) is 25.1 Å². The summed E-state index contributed by atoms with van der Waals surface area (Å²) in [6, 6.07) is 15.9. The second-order valence-electron chi connectivity index (χ2n) is 10.1. The van der Waals surface area contributed by atoms with Crippen LogP contribution in [0.4, 0.5) is 13.2 Å². The molecule has 9 nitrogen and oxygen atoms in total. The summed E-state index contributed by atoms with van der Waals surface area (Å²) < 4.78 is 43.7. The maximum absolute atomic E-state index is 13.1. The highest BCUT2D eigenvalue weighted by atomic mass is 32.2. The van der Waals surface area contributed by atoms with Gasteiger partial charge in [0.2, 0.25) is 17.6 Å². The fourth-order valence-corrected chi connectivity index (χ4v) is 5.81. The summed E-state index contributed by atoms with van der Waals surface area (Å²) in [5, 5.41) is 5.51. The Labute approximate surface area is 244 Å². The molecule has 1 fully saturated rings. The zero-order valence-corrected chi connectivity index (χ0v) is 23.7. The molecule has 0 aliphatic carbocycles. The van der Waals surface area contributed by atoms with Crippen LogP contribution in [0.3, 0.4) is 0 Å². The van der Waals surface area contributed by atoms with E-state index in [1.54, 1.807) is 24.3 Å². The number of para-hydroxylation sites is 2. The van der Waals surface area contributed by atoms with Gasteiger partial charge in [-0.15, -0.1) is 0 Å².